The van der Waals surface area contributed by atoms with Crippen LogP contribution in [0.4, 0.5) is 4.79 Å². The highest BCUT2D eigenvalue weighted by Crippen LogP contribution is 2.23. The van der Waals surface area contributed by atoms with Gasteiger partial charge >= 0.3 is 12.0 Å². The van der Waals surface area contributed by atoms with Crippen LogP contribution in [0.1, 0.15) is 38.3 Å². The Morgan fingerprint density at radius 3 is 2.90 bits per heavy atom. The normalized spacial score (nSPS) is 19.2. The first-order valence-electron chi connectivity index (χ1n) is 9.52. The highest BCUT2D eigenvalue weighted by Gasteiger charge is 2.23. The molecule has 2 N–H and O–H groups in total. The van der Waals surface area contributed by atoms with E-state index in [1.54, 1.807) is 16.7 Å². The van der Waals surface area contributed by atoms with Crippen LogP contribution in [0.3, 0.4) is 0 Å². The predicted molar refractivity (Wildman–Crippen MR) is 108 cm³/mol. The van der Waals surface area contributed by atoms with Crippen molar-refractivity contribution in [2.24, 2.45) is 5.92 Å². The molecule has 3 rings (SSSR count). The smallest absolute Gasteiger partial charge is 0.331 e. The second-order valence-electron chi connectivity index (χ2n) is 7.05. The third kappa shape index (κ3) is 5.57. The van der Waals surface area contributed by atoms with Gasteiger partial charge in [0.15, 0.2) is 11.8 Å². The molecule has 2 heterocycles. The number of nitrogens with one attached hydrogen (secondary N) is 2. The summed E-state index contributed by atoms with van der Waals surface area (Å²) in [6, 6.07) is 4.90. The van der Waals surface area contributed by atoms with Crippen molar-refractivity contribution in [2.45, 2.75) is 38.6 Å². The fourth-order valence-electron chi connectivity index (χ4n) is 3.36. The molecule has 0 bridgehead atoms. The number of aromatic nitrogens is 2. The molecule has 2 atom stereocenters. The molecule has 1 aliphatic carbocycles. The lowest BCUT2D eigenvalue weighted by atomic mass is 9.86. The molecule has 1 aliphatic rings. The van der Waals surface area contributed by atoms with Crippen LogP contribution in [0, 0.1) is 5.92 Å². The number of nitrogens with zero attached hydrogens (tertiary/aromatic N) is 2. The number of urea groups is 1. The molecule has 2 aromatic rings. The van der Waals surface area contributed by atoms with Gasteiger partial charge in [-0.25, -0.2) is 14.6 Å². The summed E-state index contributed by atoms with van der Waals surface area (Å²) in [7, 11) is 0. The van der Waals surface area contributed by atoms with Gasteiger partial charge in [0, 0.05) is 18.3 Å². The van der Waals surface area contributed by atoms with Crippen molar-refractivity contribution >= 4 is 41.2 Å². The number of halogens is 1. The van der Waals surface area contributed by atoms with E-state index in [4.69, 9.17) is 16.3 Å². The van der Waals surface area contributed by atoms with E-state index in [0.717, 1.165) is 31.8 Å². The first kappa shape index (κ1) is 20.9. The SMILES string of the molecule is C[C@@H]1CCCC[C@@H]1NC(=O)NC(=O)COC(=O)/C=C/c1c(Cl)nc2ccccn12. The van der Waals surface area contributed by atoms with E-state index < -0.39 is 24.5 Å². The lowest BCUT2D eigenvalue weighted by Crippen LogP contribution is -2.48. The Kier molecular flexibility index (Phi) is 6.87. The zero-order valence-corrected chi connectivity index (χ0v) is 16.8. The number of carbonyl (C=O) groups excluding carboxylic acids is 3. The highest BCUT2D eigenvalue weighted by molar-refractivity contribution is 6.31. The standard InChI is InChI=1S/C20H23ClN4O4/c1-13-6-2-3-7-14(13)22-20(28)24-17(26)12-29-18(27)10-9-15-19(21)23-16-8-4-5-11-25(15)16/h4-5,8-11,13-14H,2-3,6-7,12H2,1H3,(H2,22,24,26,28)/b10-9+/t13-,14+/m1/s1. The van der Waals surface area contributed by atoms with Gasteiger partial charge in [-0.3, -0.25) is 14.5 Å². The van der Waals surface area contributed by atoms with Gasteiger partial charge in [0.2, 0.25) is 0 Å². The van der Waals surface area contributed by atoms with Gasteiger partial charge in [-0.1, -0.05) is 37.4 Å². The molecule has 9 heteroatoms. The van der Waals surface area contributed by atoms with Crippen LogP contribution in [-0.2, 0) is 14.3 Å². The largest absolute Gasteiger partial charge is 0.452 e. The van der Waals surface area contributed by atoms with Crippen molar-refractivity contribution in [1.29, 1.82) is 0 Å². The number of ether oxygens (including phenoxy) is 1. The van der Waals surface area contributed by atoms with Crippen LogP contribution in [0.25, 0.3) is 11.7 Å². The van der Waals surface area contributed by atoms with Crippen molar-refractivity contribution in [3.8, 4) is 0 Å². The van der Waals surface area contributed by atoms with Crippen molar-refractivity contribution in [3.05, 3.63) is 41.3 Å². The van der Waals surface area contributed by atoms with E-state index in [-0.39, 0.29) is 11.2 Å². The Bertz CT molecular complexity index is 940. The van der Waals surface area contributed by atoms with Crippen LogP contribution in [0.15, 0.2) is 30.5 Å². The molecule has 8 nitrogen and oxygen atoms in total. The van der Waals surface area contributed by atoms with E-state index in [1.165, 1.54) is 6.08 Å². The third-order valence-electron chi connectivity index (χ3n) is 4.93. The Labute approximate surface area is 173 Å². The Morgan fingerprint density at radius 1 is 1.31 bits per heavy atom. The first-order chi connectivity index (χ1) is 13.9. The van der Waals surface area contributed by atoms with Crippen molar-refractivity contribution in [2.75, 3.05) is 6.61 Å². The molecular formula is C20H23ClN4O4. The highest BCUT2D eigenvalue weighted by atomic mass is 35.5. The average molecular weight is 419 g/mol. The van der Waals surface area contributed by atoms with Gasteiger partial charge in [-0.05, 0) is 37.0 Å². The molecule has 2 aromatic heterocycles. The van der Waals surface area contributed by atoms with E-state index in [9.17, 15) is 14.4 Å². The van der Waals surface area contributed by atoms with E-state index >= 15 is 0 Å². The first-order valence-corrected chi connectivity index (χ1v) is 9.89. The zero-order valence-electron chi connectivity index (χ0n) is 16.1. The summed E-state index contributed by atoms with van der Waals surface area (Å²) in [4.78, 5) is 39.8. The van der Waals surface area contributed by atoms with E-state index in [1.807, 2.05) is 12.1 Å². The molecule has 1 fully saturated rings. The maximum Gasteiger partial charge on any atom is 0.331 e. The van der Waals surface area contributed by atoms with Crippen molar-refractivity contribution in [3.63, 3.8) is 0 Å². The van der Waals surface area contributed by atoms with Gasteiger partial charge in [-0.2, -0.15) is 0 Å². The minimum atomic E-state index is -0.733. The van der Waals surface area contributed by atoms with Gasteiger partial charge in [0.05, 0.1) is 5.69 Å². The maximum atomic E-state index is 11.9. The van der Waals surface area contributed by atoms with Gasteiger partial charge in [-0.15, -0.1) is 0 Å². The monoisotopic (exact) mass is 418 g/mol. The number of hydrogen-bond donors (Lipinski definition) is 2. The lowest BCUT2D eigenvalue weighted by molar-refractivity contribution is -0.143. The van der Waals surface area contributed by atoms with Crippen LogP contribution < -0.4 is 10.6 Å². The Balaban J connectivity index is 1.46. The minimum absolute atomic E-state index is 0.0530. The maximum absolute atomic E-state index is 11.9. The molecule has 0 aliphatic heterocycles. The second-order valence-corrected chi connectivity index (χ2v) is 7.41. The number of rotatable bonds is 5. The van der Waals surface area contributed by atoms with Crippen LogP contribution in [0.5, 0.6) is 0 Å². The number of hydrogen-bond acceptors (Lipinski definition) is 5. The molecule has 0 saturated heterocycles. The molecule has 29 heavy (non-hydrogen) atoms. The van der Waals surface area contributed by atoms with Crippen LogP contribution >= 0.6 is 11.6 Å². The minimum Gasteiger partial charge on any atom is -0.452 e. The third-order valence-corrected chi connectivity index (χ3v) is 5.20. The molecule has 3 amide bonds. The van der Waals surface area contributed by atoms with Gasteiger partial charge < -0.3 is 10.1 Å². The molecular weight excluding hydrogens is 396 g/mol. The molecule has 0 spiro atoms. The van der Waals surface area contributed by atoms with E-state index in [0.29, 0.717) is 17.3 Å². The number of carbonyl (C=O) groups is 3. The number of amides is 3. The topological polar surface area (TPSA) is 102 Å². The summed E-state index contributed by atoms with van der Waals surface area (Å²) in [6.45, 7) is 1.52. The Hall–Kier alpha value is -2.87. The molecule has 0 radical (unpaired) electrons. The summed E-state index contributed by atoms with van der Waals surface area (Å²) in [5, 5.41) is 5.23. The summed E-state index contributed by atoms with van der Waals surface area (Å²) >= 11 is 6.08. The number of imide groups is 1. The number of imidazole rings is 1. The second kappa shape index (κ2) is 9.56. The quantitative estimate of drug-likeness (QED) is 0.574. The van der Waals surface area contributed by atoms with Crippen molar-refractivity contribution in [1.82, 2.24) is 20.0 Å². The summed E-state index contributed by atoms with van der Waals surface area (Å²) in [6.07, 6.45) is 8.54. The summed E-state index contributed by atoms with van der Waals surface area (Å²) in [5.74, 6) is -1.05. The average Bonchev–Trinajstić information content (AvgIpc) is 3.01. The molecule has 0 unspecified atom stereocenters. The number of fused-ring (bicyclic) bond motifs is 1. The lowest BCUT2D eigenvalue weighted by Gasteiger charge is -2.29. The molecule has 0 aromatic carbocycles. The number of esters is 1. The molecule has 154 valence electrons. The predicted octanol–water partition coefficient (Wildman–Crippen LogP) is 2.95. The Morgan fingerprint density at radius 2 is 2.10 bits per heavy atom. The van der Waals surface area contributed by atoms with E-state index in [2.05, 4.69) is 22.5 Å². The van der Waals surface area contributed by atoms with Crippen LogP contribution in [0.2, 0.25) is 5.15 Å². The van der Waals surface area contributed by atoms with Crippen LogP contribution in [-0.4, -0.2) is 39.9 Å². The number of pyridine rings is 1. The summed E-state index contributed by atoms with van der Waals surface area (Å²) < 4.78 is 6.59. The van der Waals surface area contributed by atoms with Gasteiger partial charge in [0.25, 0.3) is 5.91 Å². The fourth-order valence-corrected chi connectivity index (χ4v) is 3.61. The fraction of sp³-hybridized carbons (Fsp3) is 0.400. The van der Waals surface area contributed by atoms with Gasteiger partial charge in [0.1, 0.15) is 5.65 Å². The molecule has 1 saturated carbocycles. The summed E-state index contributed by atoms with van der Waals surface area (Å²) in [5.41, 5.74) is 1.16. The zero-order chi connectivity index (χ0) is 20.8. The van der Waals surface area contributed by atoms with Crippen molar-refractivity contribution < 1.29 is 19.1 Å².